The number of hydrogen-bond donors (Lipinski definition) is 0. The molecule has 0 unspecified atom stereocenters. The van der Waals surface area contributed by atoms with Crippen LogP contribution >= 0.6 is 0 Å². The van der Waals surface area contributed by atoms with Crippen LogP contribution in [-0.4, -0.2) is 24.5 Å². The van der Waals surface area contributed by atoms with Crippen LogP contribution in [0.25, 0.3) is 16.9 Å². The molecule has 2 heterocycles. The highest BCUT2D eigenvalue weighted by molar-refractivity contribution is 5.78. The van der Waals surface area contributed by atoms with Crippen LogP contribution in [0.2, 0.25) is 0 Å². The minimum atomic E-state index is 0.748. The summed E-state index contributed by atoms with van der Waals surface area (Å²) >= 11 is 0. The van der Waals surface area contributed by atoms with Crippen molar-refractivity contribution in [2.75, 3.05) is 0 Å². The Labute approximate surface area is 98.7 Å². The maximum absolute atomic E-state index is 4.48. The number of hydrogen-bond acceptors (Lipinski definition) is 3. The van der Waals surface area contributed by atoms with Crippen molar-refractivity contribution in [1.29, 1.82) is 0 Å². The molecule has 0 spiro atoms. The molecule has 0 bridgehead atoms. The second-order valence-electron chi connectivity index (χ2n) is 3.94. The third-order valence-corrected chi connectivity index (χ3v) is 2.72. The van der Waals surface area contributed by atoms with Crippen molar-refractivity contribution < 1.29 is 0 Å². The predicted octanol–water partition coefficient (Wildman–Crippen LogP) is 1.72. The summed E-state index contributed by atoms with van der Waals surface area (Å²) in [5.41, 5.74) is 0.966. The van der Waals surface area contributed by atoms with Crippen molar-refractivity contribution in [3.8, 4) is 5.95 Å². The Balaban J connectivity index is 2.16. The molecule has 0 amide bonds. The molecule has 0 radical (unpaired) electrons. The van der Waals surface area contributed by atoms with Crippen LogP contribution < -0.4 is 0 Å². The normalized spacial score (nSPS) is 11.2. The van der Waals surface area contributed by atoms with Gasteiger partial charge in [0, 0.05) is 25.1 Å². The van der Waals surface area contributed by atoms with E-state index in [-0.39, 0.29) is 0 Å². The Morgan fingerprint density at radius 3 is 2.71 bits per heavy atom. The van der Waals surface area contributed by atoms with Gasteiger partial charge < -0.3 is 0 Å². The van der Waals surface area contributed by atoms with Gasteiger partial charge in [-0.2, -0.15) is 15.2 Å². The third-order valence-electron chi connectivity index (χ3n) is 2.72. The Hall–Kier alpha value is -2.17. The van der Waals surface area contributed by atoms with Gasteiger partial charge >= 0.3 is 0 Å². The molecule has 17 heavy (non-hydrogen) atoms. The average molecular weight is 227 g/mol. The molecule has 0 saturated heterocycles. The smallest absolute Gasteiger partial charge is 0.233 e. The first-order valence-electron chi connectivity index (χ1n) is 5.62. The summed E-state index contributed by atoms with van der Waals surface area (Å²) in [6, 6.07) is 8.01. The van der Waals surface area contributed by atoms with E-state index >= 15 is 0 Å². The lowest BCUT2D eigenvalue weighted by atomic mass is 10.3. The number of rotatable bonds is 2. The molecule has 0 N–H and O–H groups in total. The molecule has 0 aliphatic rings. The lowest BCUT2D eigenvalue weighted by Crippen LogP contribution is -2.04. The van der Waals surface area contributed by atoms with E-state index in [4.69, 9.17) is 0 Å². The van der Waals surface area contributed by atoms with Crippen LogP contribution in [0.3, 0.4) is 0 Å². The predicted molar refractivity (Wildman–Crippen MR) is 65.0 cm³/mol. The first-order valence-corrected chi connectivity index (χ1v) is 5.62. The zero-order valence-electron chi connectivity index (χ0n) is 9.83. The molecule has 5 heteroatoms. The highest BCUT2D eigenvalue weighted by Crippen LogP contribution is 2.13. The second kappa shape index (κ2) is 3.69. The fourth-order valence-electron chi connectivity index (χ4n) is 1.84. The first kappa shape index (κ1) is 10.0. The lowest BCUT2D eigenvalue weighted by molar-refractivity contribution is 0.688. The van der Waals surface area contributed by atoms with Gasteiger partial charge in [-0.05, 0) is 6.07 Å². The summed E-state index contributed by atoms with van der Waals surface area (Å²) in [6.45, 7) is 2.04. The number of fused-ring (bicyclic) bond motifs is 1. The number of aryl methyl sites for hydroxylation is 2. The van der Waals surface area contributed by atoms with Crippen LogP contribution in [-0.2, 0) is 13.5 Å². The zero-order valence-corrected chi connectivity index (χ0v) is 9.83. The van der Waals surface area contributed by atoms with Crippen molar-refractivity contribution in [3.05, 3.63) is 36.3 Å². The maximum Gasteiger partial charge on any atom is 0.248 e. The first-order chi connectivity index (χ1) is 8.28. The quantitative estimate of drug-likeness (QED) is 0.669. The Bertz CT molecular complexity index is 631. The topological polar surface area (TPSA) is 48.5 Å². The SMILES string of the molecule is CCc1nc(-n2cc3ccccc3n2)n(C)n1. The monoisotopic (exact) mass is 227 g/mol. The van der Waals surface area contributed by atoms with Gasteiger partial charge in [-0.3, -0.25) is 0 Å². The molecule has 5 nitrogen and oxygen atoms in total. The van der Waals surface area contributed by atoms with Crippen LogP contribution in [0, 0.1) is 0 Å². The molecule has 0 aliphatic heterocycles. The molecule has 0 fully saturated rings. The van der Waals surface area contributed by atoms with Gasteiger partial charge in [0.15, 0.2) is 5.82 Å². The van der Waals surface area contributed by atoms with E-state index in [1.807, 2.05) is 44.4 Å². The molecule has 86 valence electrons. The van der Waals surface area contributed by atoms with Crippen molar-refractivity contribution in [1.82, 2.24) is 24.5 Å². The number of aromatic nitrogens is 5. The highest BCUT2D eigenvalue weighted by atomic mass is 15.5. The van der Waals surface area contributed by atoms with Gasteiger partial charge in [-0.15, -0.1) is 0 Å². The molecule has 2 aromatic heterocycles. The minimum Gasteiger partial charge on any atom is -0.233 e. The van der Waals surface area contributed by atoms with Crippen LogP contribution in [0.5, 0.6) is 0 Å². The van der Waals surface area contributed by atoms with Crippen molar-refractivity contribution in [2.24, 2.45) is 7.05 Å². The molecule has 0 aliphatic carbocycles. The van der Waals surface area contributed by atoms with Crippen LogP contribution in [0.15, 0.2) is 30.5 Å². The molecular formula is C12H13N5. The van der Waals surface area contributed by atoms with Gasteiger partial charge in [-0.1, -0.05) is 25.1 Å². The Kier molecular flexibility index (Phi) is 2.18. The van der Waals surface area contributed by atoms with Crippen LogP contribution in [0.1, 0.15) is 12.7 Å². The molecule has 0 saturated carbocycles. The molecule has 0 atom stereocenters. The van der Waals surface area contributed by atoms with Crippen molar-refractivity contribution in [2.45, 2.75) is 13.3 Å². The minimum absolute atomic E-state index is 0.748. The summed E-state index contributed by atoms with van der Waals surface area (Å²) in [6.07, 6.45) is 2.80. The summed E-state index contributed by atoms with van der Waals surface area (Å²) in [5, 5.41) is 9.91. The van der Waals surface area contributed by atoms with Gasteiger partial charge in [-0.25, -0.2) is 9.36 Å². The number of nitrogens with zero attached hydrogens (tertiary/aromatic N) is 5. The zero-order chi connectivity index (χ0) is 11.8. The second-order valence-corrected chi connectivity index (χ2v) is 3.94. The fourth-order valence-corrected chi connectivity index (χ4v) is 1.84. The van der Waals surface area contributed by atoms with E-state index < -0.39 is 0 Å². The summed E-state index contributed by atoms with van der Waals surface area (Å²) in [4.78, 5) is 4.45. The van der Waals surface area contributed by atoms with E-state index in [9.17, 15) is 0 Å². The highest BCUT2D eigenvalue weighted by Gasteiger charge is 2.09. The Morgan fingerprint density at radius 2 is 2.00 bits per heavy atom. The molecule has 3 aromatic rings. The molecular weight excluding hydrogens is 214 g/mol. The fraction of sp³-hybridized carbons (Fsp3) is 0.250. The number of benzene rings is 1. The summed E-state index contributed by atoms with van der Waals surface area (Å²) in [7, 11) is 1.88. The lowest BCUT2D eigenvalue weighted by Gasteiger charge is -1.96. The van der Waals surface area contributed by atoms with E-state index in [2.05, 4.69) is 15.2 Å². The van der Waals surface area contributed by atoms with Crippen molar-refractivity contribution >= 4 is 10.9 Å². The van der Waals surface area contributed by atoms with Gasteiger partial charge in [0.25, 0.3) is 0 Å². The molecule has 1 aromatic carbocycles. The van der Waals surface area contributed by atoms with E-state index in [0.717, 1.165) is 29.1 Å². The molecule has 3 rings (SSSR count). The van der Waals surface area contributed by atoms with Gasteiger partial charge in [0.2, 0.25) is 5.95 Å². The van der Waals surface area contributed by atoms with Crippen molar-refractivity contribution in [3.63, 3.8) is 0 Å². The Morgan fingerprint density at radius 1 is 1.18 bits per heavy atom. The average Bonchev–Trinajstić information content (AvgIpc) is 2.91. The maximum atomic E-state index is 4.48. The standard InChI is InChI=1S/C12H13N5/c1-3-11-13-12(16(2)15-11)17-8-9-6-4-5-7-10(9)14-17/h4-8H,3H2,1-2H3. The van der Waals surface area contributed by atoms with E-state index in [1.54, 1.807) is 9.36 Å². The summed E-state index contributed by atoms with van der Waals surface area (Å²) in [5.74, 6) is 1.58. The largest absolute Gasteiger partial charge is 0.248 e. The van der Waals surface area contributed by atoms with E-state index in [0.29, 0.717) is 0 Å². The van der Waals surface area contributed by atoms with E-state index in [1.165, 1.54) is 0 Å². The van der Waals surface area contributed by atoms with Crippen LogP contribution in [0.4, 0.5) is 0 Å². The summed E-state index contributed by atoms with van der Waals surface area (Å²) < 4.78 is 3.53. The van der Waals surface area contributed by atoms with Gasteiger partial charge in [0.05, 0.1) is 5.52 Å². The third kappa shape index (κ3) is 1.60. The van der Waals surface area contributed by atoms with Gasteiger partial charge in [0.1, 0.15) is 0 Å².